The Morgan fingerprint density at radius 2 is 1.89 bits per heavy atom. The molecule has 1 rings (SSSR count). The molecule has 0 bridgehead atoms. The minimum Gasteiger partial charge on any atom is -0.179 e. The molecule has 0 aromatic carbocycles. The molecule has 1 saturated carbocycles. The van der Waals surface area contributed by atoms with Gasteiger partial charge in [0, 0.05) is 0 Å². The highest BCUT2D eigenvalue weighted by Gasteiger charge is 2.19. The first-order valence-electron chi connectivity index (χ1n) is 3.67. The van der Waals surface area contributed by atoms with Crippen LogP contribution in [0.25, 0.3) is 0 Å². The summed E-state index contributed by atoms with van der Waals surface area (Å²) in [6, 6.07) is 0. The Morgan fingerprint density at radius 3 is 2.44 bits per heavy atom. The Kier molecular flexibility index (Phi) is 3.44. The van der Waals surface area contributed by atoms with Crippen LogP contribution in [-0.2, 0) is 16.2 Å². The van der Waals surface area contributed by atoms with E-state index in [9.17, 15) is 0 Å². The summed E-state index contributed by atoms with van der Waals surface area (Å²) in [5, 5.41) is 0.851. The van der Waals surface area contributed by atoms with Crippen molar-refractivity contribution in [3.63, 3.8) is 0 Å². The molecule has 0 aliphatic heterocycles. The van der Waals surface area contributed by atoms with Gasteiger partial charge in [-0.05, 0) is 25.7 Å². The van der Waals surface area contributed by atoms with E-state index in [1.807, 2.05) is 0 Å². The first kappa shape index (κ1) is 7.42. The van der Waals surface area contributed by atoms with Crippen molar-refractivity contribution < 1.29 is 4.18 Å². The third-order valence-corrected chi connectivity index (χ3v) is 2.85. The largest absolute Gasteiger partial charge is 0.179 e. The highest BCUT2D eigenvalue weighted by molar-refractivity contribution is 7.74. The summed E-state index contributed by atoms with van der Waals surface area (Å²) in [5.41, 5.74) is 0. The molecule has 0 amide bonds. The smallest absolute Gasteiger partial charge is 0.148 e. The lowest BCUT2D eigenvalue weighted by Gasteiger charge is -2.12. The van der Waals surface area contributed by atoms with Gasteiger partial charge in [-0.1, -0.05) is 6.42 Å². The Morgan fingerprint density at radius 1 is 1.22 bits per heavy atom. The monoisotopic (exact) mass is 147 g/mol. The summed E-state index contributed by atoms with van der Waals surface area (Å²) < 4.78 is 5.05. The lowest BCUT2D eigenvalue weighted by atomic mass is 10.0. The molecule has 2 heteroatoms. The molecule has 0 radical (unpaired) electrons. The first-order chi connectivity index (χ1) is 4.43. The fourth-order valence-electron chi connectivity index (χ4n) is 1.34. The lowest BCUT2D eigenvalue weighted by Crippen LogP contribution is -2.14. The van der Waals surface area contributed by atoms with Crippen molar-refractivity contribution in [2.45, 2.75) is 37.4 Å². The third kappa shape index (κ3) is 2.59. The van der Waals surface area contributed by atoms with Crippen LogP contribution >= 0.6 is 0 Å². The molecular formula is C7H15OS+. The van der Waals surface area contributed by atoms with Gasteiger partial charge in [0.25, 0.3) is 0 Å². The van der Waals surface area contributed by atoms with Crippen LogP contribution in [-0.4, -0.2) is 12.4 Å². The molecule has 0 aromatic rings. The van der Waals surface area contributed by atoms with E-state index >= 15 is 0 Å². The summed E-state index contributed by atoms with van der Waals surface area (Å²) in [5.74, 6) is 0. The standard InChI is InChI=1S/C7H14OS/c1-8-9-7-5-3-2-4-6-7/h7H,2-6H2,1H3/p+1. The van der Waals surface area contributed by atoms with Gasteiger partial charge >= 0.3 is 0 Å². The average Bonchev–Trinajstić information content (AvgIpc) is 1.91. The van der Waals surface area contributed by atoms with Gasteiger partial charge < -0.3 is 0 Å². The lowest BCUT2D eigenvalue weighted by molar-refractivity contribution is 0.450. The minimum atomic E-state index is 0.851. The Hall–Kier alpha value is 0.310. The SMILES string of the molecule is CO[SH+]C1CCCCC1. The van der Waals surface area contributed by atoms with Crippen LogP contribution in [0.3, 0.4) is 0 Å². The second kappa shape index (κ2) is 4.18. The topological polar surface area (TPSA) is 9.23 Å². The second-order valence-corrected chi connectivity index (χ2v) is 3.89. The summed E-state index contributed by atoms with van der Waals surface area (Å²) >= 11 is 1.21. The maximum absolute atomic E-state index is 5.05. The van der Waals surface area contributed by atoms with Gasteiger partial charge in [-0.2, -0.15) is 4.18 Å². The third-order valence-electron chi connectivity index (χ3n) is 1.83. The average molecular weight is 147 g/mol. The molecule has 0 heterocycles. The summed E-state index contributed by atoms with van der Waals surface area (Å²) in [4.78, 5) is 0. The van der Waals surface area contributed by atoms with E-state index in [1.165, 1.54) is 44.1 Å². The van der Waals surface area contributed by atoms with Crippen LogP contribution in [0.1, 0.15) is 32.1 Å². The molecule has 1 fully saturated rings. The zero-order valence-electron chi connectivity index (χ0n) is 5.97. The van der Waals surface area contributed by atoms with E-state index < -0.39 is 0 Å². The molecule has 1 nitrogen and oxygen atoms in total. The fourth-order valence-corrected chi connectivity index (χ4v) is 2.21. The molecule has 0 saturated heterocycles. The number of thiol groups is 1. The van der Waals surface area contributed by atoms with Crippen molar-refractivity contribution in [2.75, 3.05) is 7.11 Å². The first-order valence-corrected chi connectivity index (χ1v) is 4.55. The molecule has 0 N–H and O–H groups in total. The predicted molar refractivity (Wildman–Crippen MR) is 42.6 cm³/mol. The second-order valence-electron chi connectivity index (χ2n) is 2.58. The Bertz CT molecular complexity index is 66.6. The van der Waals surface area contributed by atoms with Crippen molar-refractivity contribution in [3.05, 3.63) is 0 Å². The van der Waals surface area contributed by atoms with E-state index in [0.29, 0.717) is 0 Å². The number of hydrogen-bond acceptors (Lipinski definition) is 1. The summed E-state index contributed by atoms with van der Waals surface area (Å²) in [6.07, 6.45) is 7.04. The van der Waals surface area contributed by atoms with E-state index in [4.69, 9.17) is 4.18 Å². The van der Waals surface area contributed by atoms with Crippen LogP contribution in [0.5, 0.6) is 0 Å². The zero-order chi connectivity index (χ0) is 6.53. The number of hydrogen-bond donors (Lipinski definition) is 0. The Balaban J connectivity index is 2.08. The summed E-state index contributed by atoms with van der Waals surface area (Å²) in [7, 11) is 1.79. The van der Waals surface area contributed by atoms with Gasteiger partial charge in [0.2, 0.25) is 0 Å². The van der Waals surface area contributed by atoms with Crippen molar-refractivity contribution >= 4 is 12.0 Å². The molecule has 0 unspecified atom stereocenters. The van der Waals surface area contributed by atoms with Crippen molar-refractivity contribution in [1.29, 1.82) is 0 Å². The zero-order valence-corrected chi connectivity index (χ0v) is 6.86. The minimum absolute atomic E-state index is 0.851. The van der Waals surface area contributed by atoms with Crippen LogP contribution in [0, 0.1) is 0 Å². The van der Waals surface area contributed by atoms with Crippen molar-refractivity contribution in [3.8, 4) is 0 Å². The van der Waals surface area contributed by atoms with Gasteiger partial charge in [-0.15, -0.1) is 0 Å². The molecule has 1 aliphatic carbocycles. The quantitative estimate of drug-likeness (QED) is 0.426. The van der Waals surface area contributed by atoms with E-state index in [0.717, 1.165) is 5.25 Å². The van der Waals surface area contributed by atoms with Gasteiger partial charge in [-0.3, -0.25) is 0 Å². The maximum Gasteiger partial charge on any atom is 0.148 e. The van der Waals surface area contributed by atoms with Crippen LogP contribution < -0.4 is 0 Å². The highest BCUT2D eigenvalue weighted by atomic mass is 32.2. The van der Waals surface area contributed by atoms with Crippen molar-refractivity contribution in [2.24, 2.45) is 0 Å². The van der Waals surface area contributed by atoms with Gasteiger partial charge in [-0.25, -0.2) is 0 Å². The van der Waals surface area contributed by atoms with Gasteiger partial charge in [0.1, 0.15) is 17.3 Å². The van der Waals surface area contributed by atoms with E-state index in [1.54, 1.807) is 7.11 Å². The van der Waals surface area contributed by atoms with Crippen LogP contribution in [0.2, 0.25) is 0 Å². The number of rotatable bonds is 2. The molecular weight excluding hydrogens is 132 g/mol. The molecule has 54 valence electrons. The molecule has 0 spiro atoms. The predicted octanol–water partition coefficient (Wildman–Crippen LogP) is 1.70. The van der Waals surface area contributed by atoms with E-state index in [-0.39, 0.29) is 0 Å². The van der Waals surface area contributed by atoms with Gasteiger partial charge in [0.05, 0.1) is 7.11 Å². The molecule has 1 aliphatic rings. The Labute approximate surface area is 61.4 Å². The summed E-state index contributed by atoms with van der Waals surface area (Å²) in [6.45, 7) is 0. The van der Waals surface area contributed by atoms with E-state index in [2.05, 4.69) is 0 Å². The fraction of sp³-hybridized carbons (Fsp3) is 1.00. The molecule has 9 heavy (non-hydrogen) atoms. The maximum atomic E-state index is 5.05. The van der Waals surface area contributed by atoms with Crippen LogP contribution in [0.4, 0.5) is 0 Å². The van der Waals surface area contributed by atoms with Crippen LogP contribution in [0.15, 0.2) is 0 Å². The normalized spacial score (nSPS) is 22.3. The van der Waals surface area contributed by atoms with Gasteiger partial charge in [0.15, 0.2) is 0 Å². The molecule has 0 aromatic heterocycles. The molecule has 0 atom stereocenters. The highest BCUT2D eigenvalue weighted by Crippen LogP contribution is 2.20. The van der Waals surface area contributed by atoms with Crippen molar-refractivity contribution in [1.82, 2.24) is 0 Å².